The SMILES string of the molecule is CN(C)CC(=O)N1CCC2(CCOC[C@@H]2COCC2CC2)CC1. The molecule has 1 atom stereocenters. The number of carbonyl (C=O) groups excluding carboxylic acids is 1. The number of rotatable bonds is 6. The van der Waals surface area contributed by atoms with Crippen LogP contribution in [0.25, 0.3) is 0 Å². The maximum absolute atomic E-state index is 12.3. The minimum absolute atomic E-state index is 0.262. The van der Waals surface area contributed by atoms with Crippen molar-refractivity contribution in [2.75, 3.05) is 60.2 Å². The fourth-order valence-electron chi connectivity index (χ4n) is 4.00. The topological polar surface area (TPSA) is 42.0 Å². The molecule has 0 N–H and O–H groups in total. The highest BCUT2D eigenvalue weighted by molar-refractivity contribution is 5.78. The number of ether oxygens (including phenoxy) is 2. The van der Waals surface area contributed by atoms with Gasteiger partial charge in [0.25, 0.3) is 0 Å². The van der Waals surface area contributed by atoms with Crippen molar-refractivity contribution in [3.8, 4) is 0 Å². The first-order valence-electron chi connectivity index (χ1n) is 9.17. The van der Waals surface area contributed by atoms with E-state index >= 15 is 0 Å². The predicted molar refractivity (Wildman–Crippen MR) is 89.3 cm³/mol. The highest BCUT2D eigenvalue weighted by Crippen LogP contribution is 2.45. The third kappa shape index (κ3) is 4.46. The van der Waals surface area contributed by atoms with Gasteiger partial charge in [-0.05, 0) is 57.5 Å². The fraction of sp³-hybridized carbons (Fsp3) is 0.944. The number of hydrogen-bond donors (Lipinski definition) is 0. The fourth-order valence-corrected chi connectivity index (χ4v) is 4.00. The van der Waals surface area contributed by atoms with Crippen LogP contribution in [0.1, 0.15) is 32.1 Å². The van der Waals surface area contributed by atoms with Gasteiger partial charge in [0.2, 0.25) is 5.91 Å². The van der Waals surface area contributed by atoms with Crippen LogP contribution in [0.2, 0.25) is 0 Å². The standard InChI is InChI=1S/C18H32N2O3/c1-19(2)11-17(21)20-8-5-18(6-9-20)7-10-22-13-16(18)14-23-12-15-3-4-15/h15-16H,3-14H2,1-2H3/t16-/m1/s1. The Balaban J connectivity index is 1.51. The second-order valence-electron chi connectivity index (χ2n) is 7.98. The van der Waals surface area contributed by atoms with Gasteiger partial charge < -0.3 is 19.3 Å². The van der Waals surface area contributed by atoms with E-state index in [4.69, 9.17) is 9.47 Å². The van der Waals surface area contributed by atoms with Crippen LogP contribution in [0.4, 0.5) is 0 Å². The summed E-state index contributed by atoms with van der Waals surface area (Å²) in [6, 6.07) is 0. The smallest absolute Gasteiger partial charge is 0.236 e. The normalized spacial score (nSPS) is 27.6. The van der Waals surface area contributed by atoms with E-state index in [1.165, 1.54) is 12.8 Å². The number of amides is 1. The van der Waals surface area contributed by atoms with Gasteiger partial charge >= 0.3 is 0 Å². The summed E-state index contributed by atoms with van der Waals surface area (Å²) in [5.74, 6) is 1.58. The lowest BCUT2D eigenvalue weighted by atomic mass is 9.66. The Hall–Kier alpha value is -0.650. The van der Waals surface area contributed by atoms with Crippen LogP contribution in [0, 0.1) is 17.3 Å². The Labute approximate surface area is 140 Å². The zero-order valence-electron chi connectivity index (χ0n) is 14.8. The summed E-state index contributed by atoms with van der Waals surface area (Å²) in [6.07, 6.45) is 6.02. The van der Waals surface area contributed by atoms with Crippen LogP contribution in [0.15, 0.2) is 0 Å². The molecule has 0 radical (unpaired) electrons. The summed E-state index contributed by atoms with van der Waals surface area (Å²) in [5.41, 5.74) is 0.330. The van der Waals surface area contributed by atoms with E-state index in [0.717, 1.165) is 64.7 Å². The number of hydrogen-bond acceptors (Lipinski definition) is 4. The third-order valence-electron chi connectivity index (χ3n) is 5.86. The summed E-state index contributed by atoms with van der Waals surface area (Å²) < 4.78 is 11.7. The molecule has 1 spiro atoms. The van der Waals surface area contributed by atoms with Crippen LogP contribution in [0.5, 0.6) is 0 Å². The van der Waals surface area contributed by atoms with Gasteiger partial charge in [-0.3, -0.25) is 4.79 Å². The molecule has 2 saturated heterocycles. The zero-order valence-corrected chi connectivity index (χ0v) is 14.8. The maximum atomic E-state index is 12.3. The Kier molecular flexibility index (Phi) is 5.60. The molecular weight excluding hydrogens is 292 g/mol. The molecule has 1 aliphatic carbocycles. The van der Waals surface area contributed by atoms with E-state index in [9.17, 15) is 4.79 Å². The summed E-state index contributed by atoms with van der Waals surface area (Å²) >= 11 is 0. The molecule has 0 aromatic carbocycles. The van der Waals surface area contributed by atoms with Gasteiger partial charge in [0, 0.05) is 32.2 Å². The van der Waals surface area contributed by atoms with Crippen molar-refractivity contribution < 1.29 is 14.3 Å². The van der Waals surface area contributed by atoms with Gasteiger partial charge in [0.05, 0.1) is 19.8 Å². The van der Waals surface area contributed by atoms with Crippen LogP contribution >= 0.6 is 0 Å². The monoisotopic (exact) mass is 324 g/mol. The van der Waals surface area contributed by atoms with E-state index in [-0.39, 0.29) is 5.91 Å². The zero-order chi connectivity index (χ0) is 16.3. The number of likely N-dealkylation sites (tertiary alicyclic amines) is 1. The van der Waals surface area contributed by atoms with Gasteiger partial charge in [-0.25, -0.2) is 0 Å². The molecule has 2 aliphatic heterocycles. The van der Waals surface area contributed by atoms with Gasteiger partial charge in [0.1, 0.15) is 0 Å². The van der Waals surface area contributed by atoms with Gasteiger partial charge in [0.15, 0.2) is 0 Å². The van der Waals surface area contributed by atoms with Gasteiger partial charge in [-0.15, -0.1) is 0 Å². The number of likely N-dealkylation sites (N-methyl/N-ethyl adjacent to an activating group) is 1. The van der Waals surface area contributed by atoms with Crippen molar-refractivity contribution >= 4 is 5.91 Å². The average molecular weight is 324 g/mol. The minimum atomic E-state index is 0.262. The average Bonchev–Trinajstić information content (AvgIpc) is 3.34. The van der Waals surface area contributed by atoms with Crippen LogP contribution in [-0.2, 0) is 14.3 Å². The van der Waals surface area contributed by atoms with Crippen molar-refractivity contribution in [2.24, 2.45) is 17.3 Å². The highest BCUT2D eigenvalue weighted by atomic mass is 16.5. The molecule has 0 bridgehead atoms. The Morgan fingerprint density at radius 3 is 2.61 bits per heavy atom. The second-order valence-corrected chi connectivity index (χ2v) is 7.98. The van der Waals surface area contributed by atoms with Crippen molar-refractivity contribution in [1.82, 2.24) is 9.80 Å². The molecule has 5 heteroatoms. The van der Waals surface area contributed by atoms with E-state index in [2.05, 4.69) is 0 Å². The van der Waals surface area contributed by atoms with Crippen molar-refractivity contribution in [2.45, 2.75) is 32.1 Å². The minimum Gasteiger partial charge on any atom is -0.381 e. The highest BCUT2D eigenvalue weighted by Gasteiger charge is 2.44. The largest absolute Gasteiger partial charge is 0.381 e. The molecule has 2 heterocycles. The second kappa shape index (κ2) is 7.49. The third-order valence-corrected chi connectivity index (χ3v) is 5.86. The van der Waals surface area contributed by atoms with Gasteiger partial charge in [-0.1, -0.05) is 0 Å². The molecule has 3 aliphatic rings. The van der Waals surface area contributed by atoms with Crippen molar-refractivity contribution in [1.29, 1.82) is 0 Å². The number of piperidine rings is 1. The lowest BCUT2D eigenvalue weighted by molar-refractivity contribution is -0.139. The predicted octanol–water partition coefficient (Wildman–Crippen LogP) is 1.62. The molecule has 0 unspecified atom stereocenters. The van der Waals surface area contributed by atoms with Crippen molar-refractivity contribution in [3.05, 3.63) is 0 Å². The Bertz CT molecular complexity index is 401. The first kappa shape index (κ1) is 17.2. The Morgan fingerprint density at radius 2 is 1.96 bits per heavy atom. The molecule has 5 nitrogen and oxygen atoms in total. The van der Waals surface area contributed by atoms with Gasteiger partial charge in [-0.2, -0.15) is 0 Å². The lowest BCUT2D eigenvalue weighted by Crippen LogP contribution is -2.51. The quantitative estimate of drug-likeness (QED) is 0.745. The summed E-state index contributed by atoms with van der Waals surface area (Å²) in [4.78, 5) is 16.2. The molecule has 23 heavy (non-hydrogen) atoms. The molecule has 1 amide bonds. The van der Waals surface area contributed by atoms with E-state index < -0.39 is 0 Å². The van der Waals surface area contributed by atoms with Crippen molar-refractivity contribution in [3.63, 3.8) is 0 Å². The summed E-state index contributed by atoms with van der Waals surface area (Å²) in [5, 5.41) is 0. The van der Waals surface area contributed by atoms with E-state index in [0.29, 0.717) is 17.9 Å². The van der Waals surface area contributed by atoms with E-state index in [1.54, 1.807) is 0 Å². The number of carbonyl (C=O) groups is 1. The molecule has 0 aromatic heterocycles. The van der Waals surface area contributed by atoms with Crippen LogP contribution < -0.4 is 0 Å². The van der Waals surface area contributed by atoms with E-state index in [1.807, 2.05) is 23.9 Å². The lowest BCUT2D eigenvalue weighted by Gasteiger charge is -2.49. The molecule has 132 valence electrons. The van der Waals surface area contributed by atoms with Crippen LogP contribution in [0.3, 0.4) is 0 Å². The number of nitrogens with zero attached hydrogens (tertiary/aromatic N) is 2. The summed E-state index contributed by atoms with van der Waals surface area (Å²) in [7, 11) is 3.91. The van der Waals surface area contributed by atoms with Crippen LogP contribution in [-0.4, -0.2) is 75.9 Å². The Morgan fingerprint density at radius 1 is 1.22 bits per heavy atom. The maximum Gasteiger partial charge on any atom is 0.236 e. The molecular formula is C18H32N2O3. The molecule has 0 aromatic rings. The molecule has 3 rings (SSSR count). The first-order chi connectivity index (χ1) is 11.1. The molecule has 1 saturated carbocycles. The molecule has 3 fully saturated rings. The first-order valence-corrected chi connectivity index (χ1v) is 9.17. The summed E-state index contributed by atoms with van der Waals surface area (Å²) in [6.45, 7) is 5.77.